The SMILES string of the molecule is Nc1cc(Br)c(C(F)F)[nH]c1=O. The Morgan fingerprint density at radius 2 is 2.17 bits per heavy atom. The lowest BCUT2D eigenvalue weighted by molar-refractivity contribution is 0.145. The molecule has 1 aromatic heterocycles. The first-order valence-corrected chi connectivity index (χ1v) is 3.78. The maximum atomic E-state index is 12.1. The molecular formula is C6H5BrF2N2O. The van der Waals surface area contributed by atoms with Gasteiger partial charge in [0.1, 0.15) is 0 Å². The number of rotatable bonds is 1. The third kappa shape index (κ3) is 1.63. The minimum Gasteiger partial charge on any atom is -0.394 e. The zero-order chi connectivity index (χ0) is 9.30. The van der Waals surface area contributed by atoms with Gasteiger partial charge >= 0.3 is 0 Å². The molecule has 6 heteroatoms. The molecule has 3 nitrogen and oxygen atoms in total. The predicted octanol–water partition coefficient (Wildman–Crippen LogP) is 1.66. The average Bonchev–Trinajstić information content (AvgIpc) is 1.96. The fraction of sp³-hybridized carbons (Fsp3) is 0.167. The van der Waals surface area contributed by atoms with Gasteiger partial charge in [-0.25, -0.2) is 8.78 Å². The van der Waals surface area contributed by atoms with Gasteiger partial charge in [-0.2, -0.15) is 0 Å². The quantitative estimate of drug-likeness (QED) is 0.782. The van der Waals surface area contributed by atoms with E-state index in [0.29, 0.717) is 0 Å². The van der Waals surface area contributed by atoms with Gasteiger partial charge in [0.05, 0.1) is 11.4 Å². The number of aromatic nitrogens is 1. The van der Waals surface area contributed by atoms with Gasteiger partial charge < -0.3 is 10.7 Å². The fourth-order valence-electron chi connectivity index (χ4n) is 0.693. The van der Waals surface area contributed by atoms with Gasteiger partial charge in [0.25, 0.3) is 12.0 Å². The Morgan fingerprint density at radius 1 is 1.58 bits per heavy atom. The molecule has 0 fully saturated rings. The van der Waals surface area contributed by atoms with Crippen molar-refractivity contribution in [3.63, 3.8) is 0 Å². The van der Waals surface area contributed by atoms with Gasteiger partial charge in [0, 0.05) is 4.47 Å². The maximum Gasteiger partial charge on any atom is 0.279 e. The number of hydrogen-bond acceptors (Lipinski definition) is 2. The highest BCUT2D eigenvalue weighted by Crippen LogP contribution is 2.24. The molecule has 0 aliphatic carbocycles. The molecule has 0 aromatic carbocycles. The Labute approximate surface area is 74.7 Å². The molecule has 0 saturated heterocycles. The van der Waals surface area contributed by atoms with E-state index in [0.717, 1.165) is 6.07 Å². The van der Waals surface area contributed by atoms with Crippen molar-refractivity contribution < 1.29 is 8.78 Å². The number of nitrogens with two attached hydrogens (primary N) is 1. The van der Waals surface area contributed by atoms with Crippen LogP contribution >= 0.6 is 15.9 Å². The summed E-state index contributed by atoms with van der Waals surface area (Å²) in [7, 11) is 0. The smallest absolute Gasteiger partial charge is 0.279 e. The first-order valence-electron chi connectivity index (χ1n) is 2.98. The summed E-state index contributed by atoms with van der Waals surface area (Å²) < 4.78 is 24.3. The van der Waals surface area contributed by atoms with Crippen molar-refractivity contribution in [3.05, 3.63) is 26.6 Å². The van der Waals surface area contributed by atoms with Crippen LogP contribution in [0.1, 0.15) is 12.1 Å². The van der Waals surface area contributed by atoms with Crippen LogP contribution in [0.5, 0.6) is 0 Å². The number of alkyl halides is 2. The summed E-state index contributed by atoms with van der Waals surface area (Å²) in [5.74, 6) is 0. The Bertz CT molecular complexity index is 350. The van der Waals surface area contributed by atoms with Crippen molar-refractivity contribution in [1.29, 1.82) is 0 Å². The zero-order valence-electron chi connectivity index (χ0n) is 5.77. The van der Waals surface area contributed by atoms with E-state index in [1.54, 1.807) is 0 Å². The van der Waals surface area contributed by atoms with Gasteiger partial charge in [-0.1, -0.05) is 0 Å². The number of nitrogens with one attached hydrogen (secondary N) is 1. The lowest BCUT2D eigenvalue weighted by atomic mass is 10.3. The molecule has 12 heavy (non-hydrogen) atoms. The van der Waals surface area contributed by atoms with Crippen molar-refractivity contribution in [2.75, 3.05) is 5.73 Å². The summed E-state index contributed by atoms with van der Waals surface area (Å²) in [5, 5.41) is 0. The standard InChI is InChI=1S/C6H5BrF2N2O/c7-2-1-3(10)6(12)11-4(2)5(8)9/h1,5H,10H2,(H,11,12). The van der Waals surface area contributed by atoms with Crippen LogP contribution in [0.4, 0.5) is 14.5 Å². The van der Waals surface area contributed by atoms with E-state index < -0.39 is 17.7 Å². The van der Waals surface area contributed by atoms with Gasteiger partial charge in [-0.3, -0.25) is 4.79 Å². The molecule has 3 N–H and O–H groups in total. The highest BCUT2D eigenvalue weighted by molar-refractivity contribution is 9.10. The van der Waals surface area contributed by atoms with Crippen LogP contribution in [0.3, 0.4) is 0 Å². The fourth-order valence-corrected chi connectivity index (χ4v) is 1.21. The van der Waals surface area contributed by atoms with E-state index in [1.807, 2.05) is 4.98 Å². The van der Waals surface area contributed by atoms with Crippen LogP contribution in [0.2, 0.25) is 0 Å². The van der Waals surface area contributed by atoms with Crippen LogP contribution < -0.4 is 11.3 Å². The van der Waals surface area contributed by atoms with Crippen LogP contribution in [0.15, 0.2) is 15.3 Å². The predicted molar refractivity (Wildman–Crippen MR) is 44.1 cm³/mol. The molecule has 0 aliphatic rings. The first kappa shape index (κ1) is 9.18. The molecular weight excluding hydrogens is 234 g/mol. The molecule has 0 bridgehead atoms. The zero-order valence-corrected chi connectivity index (χ0v) is 7.36. The molecule has 0 unspecified atom stereocenters. The van der Waals surface area contributed by atoms with E-state index in [4.69, 9.17) is 5.73 Å². The van der Waals surface area contributed by atoms with E-state index >= 15 is 0 Å². The highest BCUT2D eigenvalue weighted by Gasteiger charge is 2.13. The second kappa shape index (κ2) is 3.22. The van der Waals surface area contributed by atoms with Crippen molar-refractivity contribution in [2.45, 2.75) is 6.43 Å². The average molecular weight is 239 g/mol. The van der Waals surface area contributed by atoms with Crippen molar-refractivity contribution in [1.82, 2.24) is 4.98 Å². The van der Waals surface area contributed by atoms with Crippen molar-refractivity contribution in [2.24, 2.45) is 0 Å². The summed E-state index contributed by atoms with van der Waals surface area (Å²) >= 11 is 2.85. The minimum atomic E-state index is -2.72. The van der Waals surface area contributed by atoms with Gasteiger partial charge in [0.2, 0.25) is 0 Å². The molecule has 1 rings (SSSR count). The number of H-pyrrole nitrogens is 1. The molecule has 1 aromatic rings. The number of pyridine rings is 1. The Kier molecular flexibility index (Phi) is 2.46. The first-order chi connectivity index (χ1) is 5.52. The Morgan fingerprint density at radius 3 is 2.67 bits per heavy atom. The molecule has 0 atom stereocenters. The summed E-state index contributed by atoms with van der Waals surface area (Å²) in [4.78, 5) is 12.7. The van der Waals surface area contributed by atoms with Crippen molar-refractivity contribution in [3.8, 4) is 0 Å². The Hall–Kier alpha value is -0.910. The lowest BCUT2D eigenvalue weighted by Crippen LogP contribution is -2.14. The third-order valence-corrected chi connectivity index (χ3v) is 1.92. The van der Waals surface area contributed by atoms with Crippen LogP contribution in [0.25, 0.3) is 0 Å². The number of aromatic amines is 1. The van der Waals surface area contributed by atoms with Crippen LogP contribution in [0, 0.1) is 0 Å². The minimum absolute atomic E-state index is 0.0914. The van der Waals surface area contributed by atoms with Crippen molar-refractivity contribution >= 4 is 21.6 Å². The number of halogens is 3. The summed E-state index contributed by atoms with van der Waals surface area (Å²) in [6, 6.07) is 1.15. The molecule has 1 heterocycles. The van der Waals surface area contributed by atoms with Gasteiger partial charge in [-0.15, -0.1) is 0 Å². The van der Waals surface area contributed by atoms with E-state index in [9.17, 15) is 13.6 Å². The topological polar surface area (TPSA) is 58.9 Å². The Balaban J connectivity index is 3.33. The second-order valence-electron chi connectivity index (χ2n) is 2.12. The second-order valence-corrected chi connectivity index (χ2v) is 2.97. The molecule has 0 amide bonds. The van der Waals surface area contributed by atoms with E-state index in [2.05, 4.69) is 15.9 Å². The highest BCUT2D eigenvalue weighted by atomic mass is 79.9. The van der Waals surface area contributed by atoms with Crippen LogP contribution in [-0.4, -0.2) is 4.98 Å². The summed E-state index contributed by atoms with van der Waals surface area (Å²) in [5.41, 5.74) is 3.93. The molecule has 0 spiro atoms. The largest absolute Gasteiger partial charge is 0.394 e. The molecule has 0 saturated carbocycles. The molecule has 66 valence electrons. The monoisotopic (exact) mass is 238 g/mol. The lowest BCUT2D eigenvalue weighted by Gasteiger charge is -2.02. The third-order valence-electron chi connectivity index (χ3n) is 1.27. The normalized spacial score (nSPS) is 10.7. The maximum absolute atomic E-state index is 12.1. The van der Waals surface area contributed by atoms with E-state index in [1.165, 1.54) is 0 Å². The number of anilines is 1. The summed E-state index contributed by atoms with van der Waals surface area (Å²) in [6.45, 7) is 0. The number of nitrogen functional groups attached to an aromatic ring is 1. The van der Waals surface area contributed by atoms with Crippen LogP contribution in [-0.2, 0) is 0 Å². The van der Waals surface area contributed by atoms with Gasteiger partial charge in [-0.05, 0) is 22.0 Å². The molecule has 0 radical (unpaired) electrons. The van der Waals surface area contributed by atoms with E-state index in [-0.39, 0.29) is 10.2 Å². The van der Waals surface area contributed by atoms with Gasteiger partial charge in [0.15, 0.2) is 0 Å². The number of hydrogen-bond donors (Lipinski definition) is 2. The molecule has 0 aliphatic heterocycles. The summed E-state index contributed by atoms with van der Waals surface area (Å²) in [6.07, 6.45) is -2.72.